The maximum absolute atomic E-state index is 12.9. The monoisotopic (exact) mass is 303 g/mol. The van der Waals surface area contributed by atoms with Gasteiger partial charge in [-0.2, -0.15) is 0 Å². The minimum Gasteiger partial charge on any atom is -0.359 e. The standard InChI is InChI=1S/C16H21N3O3/c1-15(2)6-3-7-16(9-15)13(20)19(14(21)17-16)12-8-11(22-18-12)10-4-5-10/h8,10H,3-7,9H2,1-2H3,(H,17,21). The van der Waals surface area contributed by atoms with Crippen molar-refractivity contribution in [2.75, 3.05) is 4.90 Å². The largest absolute Gasteiger partial charge is 0.359 e. The molecule has 0 aromatic carbocycles. The van der Waals surface area contributed by atoms with Crippen molar-refractivity contribution in [2.45, 2.75) is 63.8 Å². The summed E-state index contributed by atoms with van der Waals surface area (Å²) in [6.45, 7) is 4.30. The molecular weight excluding hydrogens is 282 g/mol. The maximum Gasteiger partial charge on any atom is 0.331 e. The number of hydrogen-bond donors (Lipinski definition) is 1. The number of nitrogens with zero attached hydrogens (tertiary/aromatic N) is 2. The number of anilines is 1. The first-order valence-corrected chi connectivity index (χ1v) is 8.04. The lowest BCUT2D eigenvalue weighted by Crippen LogP contribution is -2.52. The van der Waals surface area contributed by atoms with Crippen LogP contribution in [-0.4, -0.2) is 22.6 Å². The highest BCUT2D eigenvalue weighted by Gasteiger charge is 2.55. The number of urea groups is 1. The number of nitrogens with one attached hydrogen (secondary N) is 1. The predicted octanol–water partition coefficient (Wildman–Crippen LogP) is 2.95. The smallest absolute Gasteiger partial charge is 0.331 e. The minimum absolute atomic E-state index is 0.0558. The molecule has 0 radical (unpaired) electrons. The molecule has 118 valence electrons. The molecule has 2 saturated carbocycles. The molecule has 4 rings (SSSR count). The van der Waals surface area contributed by atoms with Gasteiger partial charge in [0, 0.05) is 12.0 Å². The van der Waals surface area contributed by atoms with Crippen molar-refractivity contribution in [1.82, 2.24) is 10.5 Å². The van der Waals surface area contributed by atoms with Gasteiger partial charge in [0.25, 0.3) is 5.91 Å². The van der Waals surface area contributed by atoms with Crippen molar-refractivity contribution in [3.63, 3.8) is 0 Å². The van der Waals surface area contributed by atoms with Crippen LogP contribution in [-0.2, 0) is 4.79 Å². The lowest BCUT2D eigenvalue weighted by Gasteiger charge is -2.40. The summed E-state index contributed by atoms with van der Waals surface area (Å²) in [5, 5.41) is 6.88. The first-order chi connectivity index (χ1) is 10.4. The predicted molar refractivity (Wildman–Crippen MR) is 79.5 cm³/mol. The topological polar surface area (TPSA) is 75.4 Å². The zero-order valence-corrected chi connectivity index (χ0v) is 13.0. The molecule has 2 aliphatic carbocycles. The Morgan fingerprint density at radius 3 is 2.77 bits per heavy atom. The fourth-order valence-corrected chi connectivity index (χ4v) is 3.93. The average Bonchev–Trinajstić information content (AvgIpc) is 3.12. The minimum atomic E-state index is -0.766. The molecule has 1 unspecified atom stereocenters. The van der Waals surface area contributed by atoms with E-state index in [1.54, 1.807) is 6.07 Å². The Balaban J connectivity index is 1.63. The Kier molecular flexibility index (Phi) is 2.72. The van der Waals surface area contributed by atoms with E-state index in [-0.39, 0.29) is 17.4 Å². The van der Waals surface area contributed by atoms with Gasteiger partial charge in [0.15, 0.2) is 5.82 Å². The van der Waals surface area contributed by atoms with Gasteiger partial charge in [-0.3, -0.25) is 4.79 Å². The fourth-order valence-electron chi connectivity index (χ4n) is 3.93. The van der Waals surface area contributed by atoms with Crippen LogP contribution in [0.2, 0.25) is 0 Å². The van der Waals surface area contributed by atoms with Crippen molar-refractivity contribution in [3.8, 4) is 0 Å². The second-order valence-corrected chi connectivity index (χ2v) is 7.71. The number of imide groups is 1. The number of amides is 3. The number of carbonyl (C=O) groups excluding carboxylic acids is 2. The quantitative estimate of drug-likeness (QED) is 0.852. The molecule has 3 aliphatic rings. The van der Waals surface area contributed by atoms with E-state index in [9.17, 15) is 9.59 Å². The first-order valence-electron chi connectivity index (χ1n) is 8.04. The molecule has 1 aromatic heterocycles. The van der Waals surface area contributed by atoms with Crippen molar-refractivity contribution < 1.29 is 14.1 Å². The second kappa shape index (κ2) is 4.33. The van der Waals surface area contributed by atoms with E-state index in [2.05, 4.69) is 24.3 Å². The Morgan fingerprint density at radius 1 is 1.32 bits per heavy atom. The molecule has 6 nitrogen and oxygen atoms in total. The summed E-state index contributed by atoms with van der Waals surface area (Å²) in [6, 6.07) is 1.36. The molecule has 1 aromatic rings. The summed E-state index contributed by atoms with van der Waals surface area (Å²) in [5.74, 6) is 1.33. The van der Waals surface area contributed by atoms with E-state index in [0.717, 1.165) is 36.3 Å². The fraction of sp³-hybridized carbons (Fsp3) is 0.688. The van der Waals surface area contributed by atoms with Gasteiger partial charge in [-0.1, -0.05) is 25.4 Å². The summed E-state index contributed by atoms with van der Waals surface area (Å²) in [4.78, 5) is 26.5. The molecule has 0 bridgehead atoms. The van der Waals surface area contributed by atoms with Gasteiger partial charge in [-0.05, 0) is 37.5 Å². The van der Waals surface area contributed by atoms with Crippen LogP contribution in [0, 0.1) is 5.41 Å². The van der Waals surface area contributed by atoms with Crippen LogP contribution >= 0.6 is 0 Å². The van der Waals surface area contributed by atoms with Gasteiger partial charge < -0.3 is 9.84 Å². The van der Waals surface area contributed by atoms with Crippen molar-refractivity contribution in [2.24, 2.45) is 5.41 Å². The van der Waals surface area contributed by atoms with E-state index >= 15 is 0 Å². The third-order valence-corrected chi connectivity index (χ3v) is 5.12. The van der Waals surface area contributed by atoms with Gasteiger partial charge in [-0.25, -0.2) is 9.69 Å². The van der Waals surface area contributed by atoms with Crippen LogP contribution in [0.1, 0.15) is 64.1 Å². The molecular formula is C16H21N3O3. The van der Waals surface area contributed by atoms with Crippen molar-refractivity contribution in [1.29, 1.82) is 0 Å². The lowest BCUT2D eigenvalue weighted by molar-refractivity contribution is -0.124. The van der Waals surface area contributed by atoms with Crippen LogP contribution in [0.3, 0.4) is 0 Å². The Bertz CT molecular complexity index is 647. The van der Waals surface area contributed by atoms with E-state index in [0.29, 0.717) is 24.6 Å². The second-order valence-electron chi connectivity index (χ2n) is 7.71. The Labute approximate surface area is 129 Å². The van der Waals surface area contributed by atoms with E-state index in [1.807, 2.05) is 0 Å². The van der Waals surface area contributed by atoms with Crippen LogP contribution in [0.5, 0.6) is 0 Å². The van der Waals surface area contributed by atoms with Gasteiger partial charge in [-0.15, -0.1) is 0 Å². The molecule has 1 atom stereocenters. The molecule has 3 fully saturated rings. The zero-order chi connectivity index (χ0) is 15.5. The summed E-state index contributed by atoms with van der Waals surface area (Å²) >= 11 is 0. The number of carbonyl (C=O) groups is 2. The molecule has 6 heteroatoms. The highest BCUT2D eigenvalue weighted by molar-refractivity contribution is 6.22. The number of hydrogen-bond acceptors (Lipinski definition) is 4. The first kappa shape index (κ1) is 13.8. The lowest BCUT2D eigenvalue weighted by atomic mass is 9.68. The van der Waals surface area contributed by atoms with Gasteiger partial charge >= 0.3 is 6.03 Å². The Hall–Kier alpha value is -1.85. The van der Waals surface area contributed by atoms with Gasteiger partial charge in [0.1, 0.15) is 11.3 Å². The average molecular weight is 303 g/mol. The number of rotatable bonds is 2. The number of aromatic nitrogens is 1. The molecule has 2 heterocycles. The highest BCUT2D eigenvalue weighted by Crippen LogP contribution is 2.45. The normalized spacial score (nSPS) is 30.9. The molecule has 1 saturated heterocycles. The third kappa shape index (κ3) is 2.04. The van der Waals surface area contributed by atoms with Gasteiger partial charge in [0.2, 0.25) is 0 Å². The van der Waals surface area contributed by atoms with Crippen LogP contribution in [0.15, 0.2) is 10.6 Å². The van der Waals surface area contributed by atoms with Crippen LogP contribution in [0.25, 0.3) is 0 Å². The maximum atomic E-state index is 12.9. The SMILES string of the molecule is CC1(C)CCCC2(C1)NC(=O)N(c1cc(C3CC3)on1)C2=O. The molecule has 1 spiro atoms. The van der Waals surface area contributed by atoms with E-state index in [4.69, 9.17) is 4.52 Å². The summed E-state index contributed by atoms with van der Waals surface area (Å²) < 4.78 is 5.29. The van der Waals surface area contributed by atoms with E-state index in [1.165, 1.54) is 0 Å². The molecule has 3 amide bonds. The van der Waals surface area contributed by atoms with Crippen LogP contribution < -0.4 is 10.2 Å². The summed E-state index contributed by atoms with van der Waals surface area (Å²) in [5.41, 5.74) is -0.711. The van der Waals surface area contributed by atoms with Gasteiger partial charge in [0.05, 0.1) is 0 Å². The molecule has 1 N–H and O–H groups in total. The molecule has 1 aliphatic heterocycles. The Morgan fingerprint density at radius 2 is 2.09 bits per heavy atom. The van der Waals surface area contributed by atoms with Crippen molar-refractivity contribution in [3.05, 3.63) is 11.8 Å². The third-order valence-electron chi connectivity index (χ3n) is 5.12. The summed E-state index contributed by atoms with van der Waals surface area (Å²) in [7, 11) is 0. The zero-order valence-electron chi connectivity index (χ0n) is 13.0. The summed E-state index contributed by atoms with van der Waals surface area (Å²) in [6.07, 6.45) is 5.58. The van der Waals surface area contributed by atoms with E-state index < -0.39 is 5.54 Å². The highest BCUT2D eigenvalue weighted by atomic mass is 16.5. The molecule has 22 heavy (non-hydrogen) atoms. The van der Waals surface area contributed by atoms with Crippen LogP contribution in [0.4, 0.5) is 10.6 Å². The van der Waals surface area contributed by atoms with Crippen molar-refractivity contribution >= 4 is 17.8 Å².